The maximum absolute atomic E-state index is 13.9. The smallest absolute Gasteiger partial charge is 0.352 e. The zero-order chi connectivity index (χ0) is 28.0. The van der Waals surface area contributed by atoms with Gasteiger partial charge in [-0.1, -0.05) is 12.2 Å². The van der Waals surface area contributed by atoms with Gasteiger partial charge in [0.25, 0.3) is 0 Å². The summed E-state index contributed by atoms with van der Waals surface area (Å²) in [5.74, 6) is 1.97. The largest absolute Gasteiger partial charge is 0.497 e. The van der Waals surface area contributed by atoms with E-state index in [0.717, 1.165) is 93.6 Å². The van der Waals surface area contributed by atoms with Crippen molar-refractivity contribution in [1.29, 1.82) is 0 Å². The van der Waals surface area contributed by atoms with E-state index in [0.29, 0.717) is 11.8 Å². The third-order valence-corrected chi connectivity index (χ3v) is 9.43. The summed E-state index contributed by atoms with van der Waals surface area (Å²) in [5, 5.41) is 3.57. The number of hydrogen-bond acceptors (Lipinski definition) is 10. The zero-order valence-electron chi connectivity index (χ0n) is 23.5. The highest BCUT2D eigenvalue weighted by Crippen LogP contribution is 2.61. The molecule has 4 heterocycles. The van der Waals surface area contributed by atoms with Crippen molar-refractivity contribution in [3.8, 4) is 11.5 Å². The molecule has 220 valence electrons. The molecule has 6 aliphatic rings. The lowest BCUT2D eigenvalue weighted by atomic mass is 9.78. The average molecular weight is 567 g/mol. The molecular weight excluding hydrogens is 528 g/mol. The molecule has 10 heteroatoms. The van der Waals surface area contributed by atoms with Gasteiger partial charge in [0, 0.05) is 32.0 Å². The van der Waals surface area contributed by atoms with Crippen LogP contribution in [0.1, 0.15) is 42.7 Å². The van der Waals surface area contributed by atoms with Crippen molar-refractivity contribution in [2.24, 2.45) is 11.8 Å². The number of cyclic esters (lactones) is 1. The molecule has 0 amide bonds. The maximum atomic E-state index is 13.9. The Morgan fingerprint density at radius 3 is 2.71 bits per heavy atom. The Labute approximate surface area is 239 Å². The number of nitrogens with one attached hydrogen (secondary N) is 1. The van der Waals surface area contributed by atoms with E-state index in [-0.39, 0.29) is 31.5 Å². The first-order valence-corrected chi connectivity index (χ1v) is 14.8. The zero-order valence-corrected chi connectivity index (χ0v) is 23.5. The van der Waals surface area contributed by atoms with Gasteiger partial charge in [0.15, 0.2) is 17.6 Å². The molecule has 3 fully saturated rings. The first-order chi connectivity index (χ1) is 20.1. The predicted molar refractivity (Wildman–Crippen MR) is 146 cm³/mol. The Morgan fingerprint density at radius 2 is 1.93 bits per heavy atom. The standard InChI is InChI=1S/C31H38N2O8/c1-36-28-20-5-8-32-7-4-19-14-24-25(39-18-38-24)16-21(19)27(23-15-22(20)23)29(28)40-30(35)31(17-26(34)41-31)6-2-3-9-33-10-12-37-13-11-33/h2-3,14,16,22-23,27,29,32H,4-13,15,17-18H2,1H3/b3-2+/t22-,23-,27-,29-,31+/m0/s1. The van der Waals surface area contributed by atoms with Crippen molar-refractivity contribution in [2.45, 2.75) is 49.7 Å². The molecule has 2 saturated heterocycles. The van der Waals surface area contributed by atoms with E-state index in [1.54, 1.807) is 7.11 Å². The molecule has 1 saturated carbocycles. The summed E-state index contributed by atoms with van der Waals surface area (Å²) in [6.07, 6.45) is 6.34. The van der Waals surface area contributed by atoms with Crippen LogP contribution in [0.4, 0.5) is 0 Å². The van der Waals surface area contributed by atoms with Gasteiger partial charge >= 0.3 is 11.9 Å². The summed E-state index contributed by atoms with van der Waals surface area (Å²) in [6.45, 7) is 5.84. The Kier molecular flexibility index (Phi) is 7.16. The summed E-state index contributed by atoms with van der Waals surface area (Å²) in [7, 11) is 1.66. The van der Waals surface area contributed by atoms with Crippen LogP contribution in [0.15, 0.2) is 35.6 Å². The Balaban J connectivity index is 1.18. The summed E-state index contributed by atoms with van der Waals surface area (Å²) >= 11 is 0. The SMILES string of the molecule is COC1=C2CCNCCc3cc4c(cc3[C@@H]([C@H]3C[C@@H]23)[C@@H]1OC(=O)[C@@]1(C/C=C/CN2CCOCC2)CC(=O)O1)OCO4. The van der Waals surface area contributed by atoms with Gasteiger partial charge in [-0.15, -0.1) is 0 Å². The van der Waals surface area contributed by atoms with Crippen LogP contribution in [0, 0.1) is 11.8 Å². The molecule has 4 aliphatic heterocycles. The third-order valence-electron chi connectivity index (χ3n) is 9.43. The molecule has 1 aromatic carbocycles. The molecule has 1 N–H and O–H groups in total. The van der Waals surface area contributed by atoms with Gasteiger partial charge in [0.2, 0.25) is 12.4 Å². The van der Waals surface area contributed by atoms with Crippen LogP contribution >= 0.6 is 0 Å². The van der Waals surface area contributed by atoms with Gasteiger partial charge in [-0.05, 0) is 73.0 Å². The number of rotatable bonds is 7. The number of fused-ring (bicyclic) bond motifs is 8. The summed E-state index contributed by atoms with van der Waals surface area (Å²) in [6, 6.07) is 4.15. The number of nitrogens with zero attached hydrogens (tertiary/aromatic N) is 1. The van der Waals surface area contributed by atoms with Gasteiger partial charge in [-0.2, -0.15) is 0 Å². The van der Waals surface area contributed by atoms with Crippen LogP contribution in [0.5, 0.6) is 11.5 Å². The van der Waals surface area contributed by atoms with E-state index in [1.807, 2.05) is 12.2 Å². The molecule has 0 unspecified atom stereocenters. The van der Waals surface area contributed by atoms with Gasteiger partial charge < -0.3 is 33.7 Å². The second kappa shape index (κ2) is 11.0. The van der Waals surface area contributed by atoms with Crippen molar-refractivity contribution >= 4 is 11.9 Å². The lowest BCUT2D eigenvalue weighted by Crippen LogP contribution is -2.55. The van der Waals surface area contributed by atoms with E-state index >= 15 is 0 Å². The number of carbonyl (C=O) groups excluding carboxylic acids is 2. The fraction of sp³-hybridized carbons (Fsp3) is 0.613. The summed E-state index contributed by atoms with van der Waals surface area (Å²) in [5.41, 5.74) is 2.20. The fourth-order valence-electron chi connectivity index (χ4n) is 7.20. The lowest BCUT2D eigenvalue weighted by molar-refractivity contribution is -0.210. The lowest BCUT2D eigenvalue weighted by Gasteiger charge is -2.41. The van der Waals surface area contributed by atoms with Crippen molar-refractivity contribution in [2.75, 3.05) is 59.8 Å². The van der Waals surface area contributed by atoms with Crippen LogP contribution in [0.2, 0.25) is 0 Å². The highest BCUT2D eigenvalue weighted by atomic mass is 16.7. The number of carbonyl (C=O) groups is 2. The molecular formula is C31H38N2O8. The molecule has 1 aromatic rings. The minimum Gasteiger partial charge on any atom is -0.497 e. The van der Waals surface area contributed by atoms with Gasteiger partial charge in [-0.3, -0.25) is 9.69 Å². The van der Waals surface area contributed by atoms with Gasteiger partial charge in [-0.25, -0.2) is 4.79 Å². The maximum Gasteiger partial charge on any atom is 0.352 e. The first-order valence-electron chi connectivity index (χ1n) is 14.8. The van der Waals surface area contributed by atoms with Crippen molar-refractivity contribution in [3.63, 3.8) is 0 Å². The monoisotopic (exact) mass is 566 g/mol. The van der Waals surface area contributed by atoms with Crippen LogP contribution < -0.4 is 14.8 Å². The minimum atomic E-state index is -1.31. The summed E-state index contributed by atoms with van der Waals surface area (Å²) in [4.78, 5) is 28.3. The number of esters is 2. The number of hydrogen-bond donors (Lipinski definition) is 1. The normalized spacial score (nSPS) is 32.5. The molecule has 2 aliphatic carbocycles. The molecule has 2 bridgehead atoms. The number of morpholine rings is 1. The molecule has 0 spiro atoms. The van der Waals surface area contributed by atoms with Gasteiger partial charge in [0.05, 0.1) is 26.7 Å². The van der Waals surface area contributed by atoms with E-state index in [2.05, 4.69) is 22.3 Å². The number of ether oxygens (including phenoxy) is 6. The molecule has 7 rings (SSSR count). The van der Waals surface area contributed by atoms with Crippen molar-refractivity contribution in [3.05, 3.63) is 46.7 Å². The number of methoxy groups -OCH3 is 1. The van der Waals surface area contributed by atoms with Gasteiger partial charge in [0.1, 0.15) is 5.76 Å². The minimum absolute atomic E-state index is 0.00918. The van der Waals surface area contributed by atoms with Crippen LogP contribution in [-0.4, -0.2) is 88.4 Å². The predicted octanol–water partition coefficient (Wildman–Crippen LogP) is 2.46. The Bertz CT molecular complexity index is 1260. The molecule has 10 nitrogen and oxygen atoms in total. The number of benzene rings is 1. The van der Waals surface area contributed by atoms with Crippen LogP contribution in [-0.2, 0) is 35.0 Å². The topological polar surface area (TPSA) is 105 Å². The highest BCUT2D eigenvalue weighted by Gasteiger charge is 2.59. The Morgan fingerprint density at radius 1 is 1.15 bits per heavy atom. The van der Waals surface area contributed by atoms with E-state index in [1.165, 1.54) is 5.57 Å². The molecule has 0 aromatic heterocycles. The second-order valence-corrected chi connectivity index (χ2v) is 11.8. The van der Waals surface area contributed by atoms with Crippen molar-refractivity contribution in [1.82, 2.24) is 10.2 Å². The first kappa shape index (κ1) is 26.8. The highest BCUT2D eigenvalue weighted by molar-refractivity contribution is 5.94. The Hall–Kier alpha value is -3.08. The summed E-state index contributed by atoms with van der Waals surface area (Å²) < 4.78 is 34.9. The molecule has 5 atom stereocenters. The molecule has 41 heavy (non-hydrogen) atoms. The van der Waals surface area contributed by atoms with Crippen molar-refractivity contribution < 1.29 is 38.0 Å². The molecule has 0 radical (unpaired) electrons. The second-order valence-electron chi connectivity index (χ2n) is 11.8. The fourth-order valence-corrected chi connectivity index (χ4v) is 7.20. The van der Waals surface area contributed by atoms with E-state index < -0.39 is 17.7 Å². The average Bonchev–Trinajstić information content (AvgIpc) is 3.62. The van der Waals surface area contributed by atoms with E-state index in [4.69, 9.17) is 28.4 Å². The van der Waals surface area contributed by atoms with Crippen LogP contribution in [0.3, 0.4) is 0 Å². The van der Waals surface area contributed by atoms with E-state index in [9.17, 15) is 9.59 Å². The quantitative estimate of drug-likeness (QED) is 0.391. The van der Waals surface area contributed by atoms with Crippen LogP contribution in [0.25, 0.3) is 0 Å². The third kappa shape index (κ3) is 5.00.